The number of amides is 3. The molecule has 144 valence electrons. The Labute approximate surface area is 157 Å². The van der Waals surface area contributed by atoms with Crippen LogP contribution >= 0.6 is 0 Å². The van der Waals surface area contributed by atoms with Crippen molar-refractivity contribution in [2.24, 2.45) is 0 Å². The van der Waals surface area contributed by atoms with Crippen molar-refractivity contribution in [3.63, 3.8) is 0 Å². The van der Waals surface area contributed by atoms with Gasteiger partial charge in [-0.15, -0.1) is 0 Å². The van der Waals surface area contributed by atoms with Crippen LogP contribution in [0.25, 0.3) is 0 Å². The van der Waals surface area contributed by atoms with E-state index >= 15 is 0 Å². The number of nitrogens with one attached hydrogen (secondary N) is 2. The predicted molar refractivity (Wildman–Crippen MR) is 99.9 cm³/mol. The van der Waals surface area contributed by atoms with Gasteiger partial charge < -0.3 is 25.1 Å². The van der Waals surface area contributed by atoms with E-state index in [1.165, 1.54) is 12.1 Å². The molecule has 0 saturated heterocycles. The lowest BCUT2D eigenvalue weighted by Crippen LogP contribution is -2.34. The van der Waals surface area contributed by atoms with Gasteiger partial charge in [-0.25, -0.2) is 9.59 Å². The highest BCUT2D eigenvalue weighted by atomic mass is 16.4. The van der Waals surface area contributed by atoms with Crippen molar-refractivity contribution in [3.8, 4) is 0 Å². The smallest absolute Gasteiger partial charge is 0.371 e. The van der Waals surface area contributed by atoms with E-state index in [4.69, 9.17) is 9.52 Å². The number of rotatable bonds is 7. The molecule has 0 bridgehead atoms. The molecule has 3 N–H and O–H groups in total. The van der Waals surface area contributed by atoms with E-state index in [1.54, 1.807) is 36.1 Å². The summed E-state index contributed by atoms with van der Waals surface area (Å²) < 4.78 is 4.99. The van der Waals surface area contributed by atoms with Gasteiger partial charge in [0.25, 0.3) is 5.91 Å². The van der Waals surface area contributed by atoms with E-state index in [9.17, 15) is 14.4 Å². The number of benzene rings is 1. The molecule has 1 unspecified atom stereocenters. The van der Waals surface area contributed by atoms with E-state index < -0.39 is 11.9 Å². The van der Waals surface area contributed by atoms with Gasteiger partial charge in [0, 0.05) is 18.8 Å². The fourth-order valence-corrected chi connectivity index (χ4v) is 2.49. The topological polar surface area (TPSA) is 112 Å². The van der Waals surface area contributed by atoms with E-state index in [1.807, 2.05) is 13.8 Å². The summed E-state index contributed by atoms with van der Waals surface area (Å²) in [5.74, 6) is -2.10. The maximum Gasteiger partial charge on any atom is 0.371 e. The number of nitrogens with zero attached hydrogens (tertiary/aromatic N) is 1. The molecule has 0 radical (unpaired) electrons. The van der Waals surface area contributed by atoms with Crippen LogP contribution in [0.2, 0.25) is 0 Å². The van der Waals surface area contributed by atoms with Gasteiger partial charge in [0.05, 0.1) is 6.04 Å². The third-order valence-electron chi connectivity index (χ3n) is 4.10. The second-order valence-corrected chi connectivity index (χ2v) is 5.89. The zero-order valence-electron chi connectivity index (χ0n) is 15.5. The normalized spacial score (nSPS) is 11.5. The van der Waals surface area contributed by atoms with Gasteiger partial charge in [-0.3, -0.25) is 4.79 Å². The van der Waals surface area contributed by atoms with Crippen molar-refractivity contribution in [2.45, 2.75) is 26.8 Å². The highest BCUT2D eigenvalue weighted by molar-refractivity contribution is 5.93. The molecule has 2 rings (SSSR count). The summed E-state index contributed by atoms with van der Waals surface area (Å²) in [6.07, 6.45) is 0. The van der Waals surface area contributed by atoms with Crippen LogP contribution in [-0.2, 0) is 0 Å². The van der Waals surface area contributed by atoms with Crippen molar-refractivity contribution < 1.29 is 23.9 Å². The Bertz CT molecular complexity index is 809. The number of urea groups is 1. The quantitative estimate of drug-likeness (QED) is 0.689. The van der Waals surface area contributed by atoms with E-state index in [0.29, 0.717) is 18.8 Å². The third kappa shape index (κ3) is 5.10. The van der Waals surface area contributed by atoms with E-state index in [-0.39, 0.29) is 23.6 Å². The first-order valence-corrected chi connectivity index (χ1v) is 8.65. The average molecular weight is 373 g/mol. The number of anilines is 1. The summed E-state index contributed by atoms with van der Waals surface area (Å²) in [6.45, 7) is 6.87. The Balaban J connectivity index is 1.98. The molecule has 1 aromatic carbocycles. The zero-order valence-corrected chi connectivity index (χ0v) is 15.5. The van der Waals surface area contributed by atoms with E-state index in [0.717, 1.165) is 5.56 Å². The molecular weight excluding hydrogens is 350 g/mol. The molecule has 0 spiro atoms. The van der Waals surface area contributed by atoms with Crippen LogP contribution in [-0.4, -0.2) is 41.0 Å². The maximum atomic E-state index is 12.2. The first-order chi connectivity index (χ1) is 12.8. The van der Waals surface area contributed by atoms with Gasteiger partial charge in [0.2, 0.25) is 5.76 Å². The number of aromatic carboxylic acids is 1. The number of furan rings is 1. The van der Waals surface area contributed by atoms with Crippen molar-refractivity contribution >= 4 is 23.6 Å². The summed E-state index contributed by atoms with van der Waals surface area (Å²) >= 11 is 0. The molecule has 8 nitrogen and oxygen atoms in total. The highest BCUT2D eigenvalue weighted by Crippen LogP contribution is 2.18. The predicted octanol–water partition coefficient (Wildman–Crippen LogP) is 3.34. The number of hydrogen-bond donors (Lipinski definition) is 3. The Kier molecular flexibility index (Phi) is 6.59. The molecule has 0 aliphatic carbocycles. The molecule has 0 aliphatic rings. The molecule has 27 heavy (non-hydrogen) atoms. The average Bonchev–Trinajstić information content (AvgIpc) is 3.14. The minimum Gasteiger partial charge on any atom is -0.475 e. The van der Waals surface area contributed by atoms with Gasteiger partial charge in [-0.2, -0.15) is 0 Å². The summed E-state index contributed by atoms with van der Waals surface area (Å²) in [6, 6.07) is 9.17. The molecule has 1 heterocycles. The zero-order chi connectivity index (χ0) is 20.0. The SMILES string of the molecule is CCN(CC)C(=O)Nc1ccc(C(C)NC(=O)c2ccc(C(=O)O)o2)cc1. The summed E-state index contributed by atoms with van der Waals surface area (Å²) in [4.78, 5) is 36.7. The summed E-state index contributed by atoms with van der Waals surface area (Å²) in [5.41, 5.74) is 1.49. The molecule has 2 aromatic rings. The van der Waals surface area contributed by atoms with Crippen molar-refractivity contribution in [3.05, 3.63) is 53.5 Å². The van der Waals surface area contributed by atoms with Crippen molar-refractivity contribution in [1.29, 1.82) is 0 Å². The van der Waals surface area contributed by atoms with Gasteiger partial charge >= 0.3 is 12.0 Å². The second-order valence-electron chi connectivity index (χ2n) is 5.89. The Morgan fingerprint density at radius 3 is 2.15 bits per heavy atom. The Hall–Kier alpha value is -3.29. The van der Waals surface area contributed by atoms with Crippen LogP contribution < -0.4 is 10.6 Å². The van der Waals surface area contributed by atoms with Crippen LogP contribution in [0, 0.1) is 0 Å². The lowest BCUT2D eigenvalue weighted by molar-refractivity contribution is 0.0659. The lowest BCUT2D eigenvalue weighted by atomic mass is 10.1. The number of carboxylic acid groups (broad SMARTS) is 1. The maximum absolute atomic E-state index is 12.2. The van der Waals surface area contributed by atoms with Crippen molar-refractivity contribution in [1.82, 2.24) is 10.2 Å². The standard InChI is InChI=1S/C19H23N3O5/c1-4-22(5-2)19(26)21-14-8-6-13(7-9-14)12(3)20-17(23)15-10-11-16(27-15)18(24)25/h6-12H,4-5H2,1-3H3,(H,20,23)(H,21,26)(H,24,25). The highest BCUT2D eigenvalue weighted by Gasteiger charge is 2.17. The van der Waals surface area contributed by atoms with Crippen LogP contribution in [0.4, 0.5) is 10.5 Å². The number of carbonyl (C=O) groups is 3. The molecule has 0 fully saturated rings. The molecule has 0 aliphatic heterocycles. The molecule has 8 heteroatoms. The molecule has 1 atom stereocenters. The Morgan fingerprint density at radius 2 is 1.63 bits per heavy atom. The second kappa shape index (κ2) is 8.88. The first kappa shape index (κ1) is 20.0. The van der Waals surface area contributed by atoms with Crippen molar-refractivity contribution in [2.75, 3.05) is 18.4 Å². The molecule has 1 aromatic heterocycles. The number of carboxylic acids is 1. The Morgan fingerprint density at radius 1 is 1.04 bits per heavy atom. The molecule has 0 saturated carbocycles. The lowest BCUT2D eigenvalue weighted by Gasteiger charge is -2.19. The molecule has 3 amide bonds. The fourth-order valence-electron chi connectivity index (χ4n) is 2.49. The number of hydrogen-bond acceptors (Lipinski definition) is 4. The van der Waals surface area contributed by atoms with Crippen LogP contribution in [0.1, 0.15) is 53.5 Å². The minimum absolute atomic E-state index is 0.0673. The first-order valence-electron chi connectivity index (χ1n) is 8.65. The largest absolute Gasteiger partial charge is 0.475 e. The number of carbonyl (C=O) groups excluding carboxylic acids is 2. The summed E-state index contributed by atoms with van der Waals surface area (Å²) in [7, 11) is 0. The molecular formula is C19H23N3O5. The third-order valence-corrected chi connectivity index (χ3v) is 4.10. The van der Waals surface area contributed by atoms with Gasteiger partial charge in [-0.05, 0) is 50.6 Å². The van der Waals surface area contributed by atoms with Gasteiger partial charge in [0.1, 0.15) is 0 Å². The van der Waals surface area contributed by atoms with Crippen LogP contribution in [0.3, 0.4) is 0 Å². The van der Waals surface area contributed by atoms with Gasteiger partial charge in [-0.1, -0.05) is 12.1 Å². The summed E-state index contributed by atoms with van der Waals surface area (Å²) in [5, 5.41) is 14.4. The van der Waals surface area contributed by atoms with Crippen LogP contribution in [0.15, 0.2) is 40.8 Å². The monoisotopic (exact) mass is 373 g/mol. The fraction of sp³-hybridized carbons (Fsp3) is 0.316. The minimum atomic E-state index is -1.23. The van der Waals surface area contributed by atoms with E-state index in [2.05, 4.69) is 10.6 Å². The van der Waals surface area contributed by atoms with Crippen LogP contribution in [0.5, 0.6) is 0 Å². The van der Waals surface area contributed by atoms with Gasteiger partial charge in [0.15, 0.2) is 5.76 Å².